The van der Waals surface area contributed by atoms with Crippen molar-refractivity contribution < 1.29 is 53.8 Å². The van der Waals surface area contributed by atoms with E-state index in [0.717, 1.165) is 0 Å². The average Bonchev–Trinajstić information content (AvgIpc) is 3.15. The number of ether oxygens (including phenoxy) is 4. The van der Waals surface area contributed by atoms with Crippen LogP contribution in [0.1, 0.15) is 64.7 Å². The molecule has 4 aliphatic rings. The third-order valence-electron chi connectivity index (χ3n) is 10.3. The molecule has 0 bridgehead atoms. The minimum atomic E-state index is -1.76. The summed E-state index contributed by atoms with van der Waals surface area (Å²) in [6.07, 6.45) is -7.93. The summed E-state index contributed by atoms with van der Waals surface area (Å²) >= 11 is 0. The standard InChI is InChI=1S/C31H40O11/c1-15-19(34)13-30(28(4,5)38)22(15)23(35)25(36)29(6)20(40-16(2)32)12-21-31(14-39-21,42-17(3)33)24(29)26(30)41-27(37)18-10-8-7-9-11-18/h7-11,19-21,23-26,34-36,38H,12-14H2,1-6H3/t19-,20-,21+,23+,24-,25-,26+,29+,30-,31-/m0/s1. The number of aliphatic hydroxyl groups is 4. The smallest absolute Gasteiger partial charge is 0.338 e. The Morgan fingerprint density at radius 2 is 1.67 bits per heavy atom. The van der Waals surface area contributed by atoms with Crippen LogP contribution in [0.25, 0.3) is 0 Å². The van der Waals surface area contributed by atoms with Gasteiger partial charge >= 0.3 is 17.9 Å². The zero-order chi connectivity index (χ0) is 31.0. The van der Waals surface area contributed by atoms with Gasteiger partial charge in [-0.2, -0.15) is 0 Å². The Kier molecular flexibility index (Phi) is 7.38. The van der Waals surface area contributed by atoms with Crippen LogP contribution in [0.3, 0.4) is 0 Å². The van der Waals surface area contributed by atoms with Crippen molar-refractivity contribution >= 4 is 17.9 Å². The molecular formula is C31H40O11. The molecule has 1 aromatic rings. The first-order valence-electron chi connectivity index (χ1n) is 14.2. The lowest BCUT2D eigenvalue weighted by atomic mass is 9.49. The molecule has 0 amide bonds. The van der Waals surface area contributed by atoms with Gasteiger partial charge in [0.05, 0.1) is 41.3 Å². The van der Waals surface area contributed by atoms with E-state index in [1.807, 2.05) is 0 Å². The Morgan fingerprint density at radius 3 is 2.19 bits per heavy atom. The van der Waals surface area contributed by atoms with Crippen molar-refractivity contribution in [2.24, 2.45) is 16.7 Å². The van der Waals surface area contributed by atoms with Crippen molar-refractivity contribution in [2.45, 2.75) is 102 Å². The van der Waals surface area contributed by atoms with Gasteiger partial charge in [0.15, 0.2) is 5.60 Å². The topological polar surface area (TPSA) is 169 Å². The molecule has 2 saturated carbocycles. The molecule has 1 saturated heterocycles. The van der Waals surface area contributed by atoms with E-state index in [1.54, 1.807) is 44.2 Å². The normalized spacial score (nSPS) is 41.0. The molecule has 3 fully saturated rings. The highest BCUT2D eigenvalue weighted by atomic mass is 16.6. The minimum Gasteiger partial charge on any atom is -0.462 e. The van der Waals surface area contributed by atoms with E-state index in [0.29, 0.717) is 5.57 Å². The minimum absolute atomic E-state index is 0.0269. The molecule has 0 radical (unpaired) electrons. The molecule has 11 nitrogen and oxygen atoms in total. The van der Waals surface area contributed by atoms with Gasteiger partial charge in [-0.1, -0.05) is 25.1 Å². The summed E-state index contributed by atoms with van der Waals surface area (Å²) in [5.74, 6) is -3.24. The van der Waals surface area contributed by atoms with Crippen LogP contribution in [0, 0.1) is 16.7 Å². The average molecular weight is 589 g/mol. The van der Waals surface area contributed by atoms with E-state index in [9.17, 15) is 34.8 Å². The van der Waals surface area contributed by atoms with Crippen molar-refractivity contribution in [1.82, 2.24) is 0 Å². The maximum atomic E-state index is 13.8. The molecule has 42 heavy (non-hydrogen) atoms. The van der Waals surface area contributed by atoms with Gasteiger partial charge in [-0.05, 0) is 50.5 Å². The molecule has 1 heterocycles. The monoisotopic (exact) mass is 588 g/mol. The number of hydrogen-bond acceptors (Lipinski definition) is 11. The number of aliphatic hydroxyl groups excluding tert-OH is 3. The van der Waals surface area contributed by atoms with Crippen molar-refractivity contribution in [3.63, 3.8) is 0 Å². The maximum Gasteiger partial charge on any atom is 0.338 e. The molecule has 0 aromatic heterocycles. The molecule has 0 unspecified atom stereocenters. The van der Waals surface area contributed by atoms with Crippen LogP contribution in [-0.4, -0.2) is 92.8 Å². The van der Waals surface area contributed by atoms with Crippen LogP contribution in [0.2, 0.25) is 0 Å². The highest BCUT2D eigenvalue weighted by Crippen LogP contribution is 2.68. The van der Waals surface area contributed by atoms with Gasteiger partial charge < -0.3 is 39.4 Å². The Balaban J connectivity index is 1.85. The highest BCUT2D eigenvalue weighted by Gasteiger charge is 2.79. The highest BCUT2D eigenvalue weighted by molar-refractivity contribution is 5.89. The van der Waals surface area contributed by atoms with Crippen LogP contribution in [-0.2, 0) is 28.5 Å². The molecule has 3 aliphatic carbocycles. The molecule has 5 rings (SSSR count). The fraction of sp³-hybridized carbons (Fsp3) is 0.645. The van der Waals surface area contributed by atoms with Gasteiger partial charge in [0.2, 0.25) is 0 Å². The summed E-state index contributed by atoms with van der Waals surface area (Å²) in [4.78, 5) is 38.9. The second-order valence-electron chi connectivity index (χ2n) is 13.0. The Labute approximate surface area is 244 Å². The lowest BCUT2D eigenvalue weighted by Gasteiger charge is -2.65. The zero-order valence-corrected chi connectivity index (χ0v) is 24.7. The van der Waals surface area contributed by atoms with E-state index >= 15 is 0 Å². The molecule has 10 atom stereocenters. The van der Waals surface area contributed by atoms with E-state index in [1.165, 1.54) is 27.7 Å². The third kappa shape index (κ3) is 4.16. The molecule has 1 aliphatic heterocycles. The molecular weight excluding hydrogens is 548 g/mol. The number of esters is 3. The van der Waals surface area contributed by atoms with E-state index in [2.05, 4.69) is 0 Å². The van der Waals surface area contributed by atoms with Gasteiger partial charge in [0.1, 0.15) is 24.4 Å². The van der Waals surface area contributed by atoms with Crippen LogP contribution in [0.5, 0.6) is 0 Å². The molecule has 11 heteroatoms. The fourth-order valence-corrected chi connectivity index (χ4v) is 8.36. The van der Waals surface area contributed by atoms with Gasteiger partial charge in [0.25, 0.3) is 0 Å². The number of rotatable bonds is 5. The molecule has 230 valence electrons. The van der Waals surface area contributed by atoms with Gasteiger partial charge in [-0.15, -0.1) is 0 Å². The summed E-state index contributed by atoms with van der Waals surface area (Å²) in [5, 5.41) is 47.3. The second-order valence-corrected chi connectivity index (χ2v) is 13.0. The number of hydrogen-bond donors (Lipinski definition) is 4. The number of carbonyl (C=O) groups excluding carboxylic acids is 3. The molecule has 1 aromatic carbocycles. The lowest BCUT2D eigenvalue weighted by molar-refractivity contribution is -0.351. The lowest BCUT2D eigenvalue weighted by Crippen LogP contribution is -2.79. The zero-order valence-electron chi connectivity index (χ0n) is 24.7. The number of carbonyl (C=O) groups is 3. The van der Waals surface area contributed by atoms with E-state index in [4.69, 9.17) is 18.9 Å². The van der Waals surface area contributed by atoms with Gasteiger partial charge in [-0.25, -0.2) is 4.79 Å². The largest absolute Gasteiger partial charge is 0.462 e. The number of fused-ring (bicyclic) bond motifs is 4. The van der Waals surface area contributed by atoms with E-state index < -0.39 is 82.5 Å². The summed E-state index contributed by atoms with van der Waals surface area (Å²) in [6.45, 7) is 8.50. The van der Waals surface area contributed by atoms with Crippen molar-refractivity contribution in [1.29, 1.82) is 0 Å². The van der Waals surface area contributed by atoms with Crippen molar-refractivity contribution in [3.05, 3.63) is 47.0 Å². The molecule has 0 spiro atoms. The van der Waals surface area contributed by atoms with Crippen molar-refractivity contribution in [3.8, 4) is 0 Å². The Morgan fingerprint density at radius 1 is 1.02 bits per heavy atom. The first-order valence-corrected chi connectivity index (χ1v) is 14.2. The maximum absolute atomic E-state index is 13.8. The summed E-state index contributed by atoms with van der Waals surface area (Å²) in [7, 11) is 0. The second kappa shape index (κ2) is 10.1. The van der Waals surface area contributed by atoms with Crippen LogP contribution < -0.4 is 0 Å². The first-order chi connectivity index (χ1) is 19.5. The fourth-order valence-electron chi connectivity index (χ4n) is 8.36. The summed E-state index contributed by atoms with van der Waals surface area (Å²) in [6, 6.07) is 8.18. The summed E-state index contributed by atoms with van der Waals surface area (Å²) < 4.78 is 24.1. The van der Waals surface area contributed by atoms with Gasteiger partial charge in [-0.3, -0.25) is 9.59 Å². The quantitative estimate of drug-likeness (QED) is 0.223. The Bertz CT molecular complexity index is 1300. The van der Waals surface area contributed by atoms with Crippen LogP contribution >= 0.6 is 0 Å². The van der Waals surface area contributed by atoms with Gasteiger partial charge in [0, 0.05) is 25.7 Å². The first kappa shape index (κ1) is 30.6. The van der Waals surface area contributed by atoms with Crippen LogP contribution in [0.4, 0.5) is 0 Å². The number of benzene rings is 1. The van der Waals surface area contributed by atoms with Crippen LogP contribution in [0.15, 0.2) is 41.5 Å². The predicted octanol–water partition coefficient (Wildman–Crippen LogP) is 1.44. The van der Waals surface area contributed by atoms with E-state index in [-0.39, 0.29) is 30.6 Å². The third-order valence-corrected chi connectivity index (χ3v) is 10.3. The Hall–Kier alpha value is -2.83. The predicted molar refractivity (Wildman–Crippen MR) is 146 cm³/mol. The SMILES string of the molecule is CC(=O)O[C@H]1C[C@H]2OC[C@@]2(OC(C)=O)[C@H]2[C@@H](OC(=O)c3ccccc3)[C@]3(C(C)(C)O)C[C@H](O)C(C)=C3[C@@H](O)[C@H](O)[C@]12C. The summed E-state index contributed by atoms with van der Waals surface area (Å²) in [5.41, 5.74) is -5.87. The van der Waals surface area contributed by atoms with Crippen molar-refractivity contribution in [2.75, 3.05) is 6.61 Å². The molecule has 4 N–H and O–H groups in total.